The number of hydrogen-bond acceptors (Lipinski definition) is 7. The molecule has 0 aliphatic carbocycles. The standard InChI is InChI=1S/C22H27N5O9/c23-13(7-11-9-24-14-4-2-1-3-12(11)14)20(33)27-16(8-19(31)32)21(34)25-10-17(28)26-15(22(35)36)5-6-18(29)30/h1-4,9,13,15-16,24H,5-8,10,23H2,(H,25,34)(H,26,28)(H,27,33)(H,29,30)(H,31,32)(H,35,36). The molecule has 0 radical (unpaired) electrons. The van der Waals surface area contributed by atoms with Gasteiger partial charge in [-0.3, -0.25) is 24.0 Å². The third-order valence-electron chi connectivity index (χ3n) is 5.17. The predicted octanol–water partition coefficient (Wildman–Crippen LogP) is -1.45. The molecule has 9 N–H and O–H groups in total. The minimum Gasteiger partial charge on any atom is -0.481 e. The maximum atomic E-state index is 12.6. The molecule has 14 nitrogen and oxygen atoms in total. The number of nitrogens with one attached hydrogen (secondary N) is 4. The summed E-state index contributed by atoms with van der Waals surface area (Å²) in [7, 11) is 0. The number of carbonyl (C=O) groups is 6. The van der Waals surface area contributed by atoms with Crippen LogP contribution in [0.3, 0.4) is 0 Å². The van der Waals surface area contributed by atoms with E-state index in [1.54, 1.807) is 6.20 Å². The van der Waals surface area contributed by atoms with Gasteiger partial charge in [-0.15, -0.1) is 0 Å². The number of H-pyrrole nitrogens is 1. The minimum atomic E-state index is -1.56. The Morgan fingerprint density at radius 2 is 1.61 bits per heavy atom. The van der Waals surface area contributed by atoms with E-state index in [4.69, 9.17) is 21.1 Å². The molecule has 0 fully saturated rings. The van der Waals surface area contributed by atoms with E-state index in [-0.39, 0.29) is 12.8 Å². The van der Waals surface area contributed by atoms with E-state index in [0.29, 0.717) is 0 Å². The van der Waals surface area contributed by atoms with E-state index in [0.717, 1.165) is 16.5 Å². The van der Waals surface area contributed by atoms with Gasteiger partial charge in [0.2, 0.25) is 17.7 Å². The van der Waals surface area contributed by atoms with Crippen LogP contribution in [0.4, 0.5) is 0 Å². The molecule has 194 valence electrons. The summed E-state index contributed by atoms with van der Waals surface area (Å²) in [5, 5.41) is 34.2. The van der Waals surface area contributed by atoms with Crippen LogP contribution in [-0.4, -0.2) is 80.6 Å². The Labute approximate surface area is 204 Å². The van der Waals surface area contributed by atoms with E-state index < -0.39 is 73.1 Å². The zero-order valence-corrected chi connectivity index (χ0v) is 19.0. The third kappa shape index (κ3) is 8.39. The van der Waals surface area contributed by atoms with Crippen molar-refractivity contribution >= 4 is 46.5 Å². The molecule has 3 atom stereocenters. The van der Waals surface area contributed by atoms with Crippen molar-refractivity contribution in [3.63, 3.8) is 0 Å². The van der Waals surface area contributed by atoms with E-state index >= 15 is 0 Å². The number of carbonyl (C=O) groups excluding carboxylic acids is 3. The lowest BCUT2D eigenvalue weighted by Crippen LogP contribution is -2.54. The Hall–Kier alpha value is -4.46. The summed E-state index contributed by atoms with van der Waals surface area (Å²) < 4.78 is 0. The van der Waals surface area contributed by atoms with Crippen molar-refractivity contribution in [2.45, 2.75) is 43.8 Å². The lowest BCUT2D eigenvalue weighted by molar-refractivity contribution is -0.143. The molecule has 2 rings (SSSR count). The SMILES string of the molecule is NC(Cc1c[nH]c2ccccc12)C(=O)NC(CC(=O)O)C(=O)NCC(=O)NC(CCC(=O)O)C(=O)O. The molecule has 1 heterocycles. The molecule has 0 spiro atoms. The fraction of sp³-hybridized carbons (Fsp3) is 0.364. The van der Waals surface area contributed by atoms with Crippen LogP contribution in [-0.2, 0) is 35.2 Å². The lowest BCUT2D eigenvalue weighted by Gasteiger charge is -2.20. The average Bonchev–Trinajstić information content (AvgIpc) is 3.21. The average molecular weight is 505 g/mol. The van der Waals surface area contributed by atoms with Crippen molar-refractivity contribution < 1.29 is 44.1 Å². The van der Waals surface area contributed by atoms with Gasteiger partial charge in [0.25, 0.3) is 0 Å². The Morgan fingerprint density at radius 1 is 0.917 bits per heavy atom. The number of nitrogens with two attached hydrogens (primary N) is 1. The number of aromatic nitrogens is 1. The van der Waals surface area contributed by atoms with Gasteiger partial charge in [-0.1, -0.05) is 18.2 Å². The number of fused-ring (bicyclic) bond motifs is 1. The molecule has 1 aromatic carbocycles. The molecule has 14 heteroatoms. The molecule has 36 heavy (non-hydrogen) atoms. The minimum absolute atomic E-state index is 0.104. The van der Waals surface area contributed by atoms with Crippen LogP contribution >= 0.6 is 0 Å². The fourth-order valence-electron chi connectivity index (χ4n) is 3.35. The van der Waals surface area contributed by atoms with Crippen molar-refractivity contribution in [1.29, 1.82) is 0 Å². The second-order valence-corrected chi connectivity index (χ2v) is 7.94. The number of amides is 3. The van der Waals surface area contributed by atoms with Crippen molar-refractivity contribution in [3.05, 3.63) is 36.0 Å². The van der Waals surface area contributed by atoms with Gasteiger partial charge in [0, 0.05) is 23.5 Å². The van der Waals surface area contributed by atoms with Crippen LogP contribution in [0.15, 0.2) is 30.5 Å². The first-order chi connectivity index (χ1) is 17.0. The zero-order valence-electron chi connectivity index (χ0n) is 19.0. The number of carboxylic acid groups (broad SMARTS) is 3. The van der Waals surface area contributed by atoms with Gasteiger partial charge < -0.3 is 42.0 Å². The fourth-order valence-corrected chi connectivity index (χ4v) is 3.35. The first-order valence-corrected chi connectivity index (χ1v) is 10.8. The van der Waals surface area contributed by atoms with Crippen LogP contribution in [0.1, 0.15) is 24.8 Å². The van der Waals surface area contributed by atoms with Gasteiger partial charge in [0.1, 0.15) is 12.1 Å². The summed E-state index contributed by atoms with van der Waals surface area (Å²) in [6, 6.07) is 3.18. The topological polar surface area (TPSA) is 241 Å². The first kappa shape index (κ1) is 27.8. The summed E-state index contributed by atoms with van der Waals surface area (Å²) in [5.41, 5.74) is 7.56. The van der Waals surface area contributed by atoms with Crippen LogP contribution in [0, 0.1) is 0 Å². The summed E-state index contributed by atoms with van der Waals surface area (Å²) in [6.45, 7) is -0.733. The number of carboxylic acids is 3. The van der Waals surface area contributed by atoms with Crippen molar-refractivity contribution in [2.75, 3.05) is 6.54 Å². The summed E-state index contributed by atoms with van der Waals surface area (Å²) in [6.07, 6.45) is 0.117. The van der Waals surface area contributed by atoms with E-state index in [9.17, 15) is 28.8 Å². The third-order valence-corrected chi connectivity index (χ3v) is 5.17. The molecule has 0 aliphatic heterocycles. The molecule has 2 aromatic rings. The van der Waals surface area contributed by atoms with Gasteiger partial charge in [-0.05, 0) is 24.5 Å². The van der Waals surface area contributed by atoms with Crippen molar-refractivity contribution in [3.8, 4) is 0 Å². The van der Waals surface area contributed by atoms with Gasteiger partial charge in [0.05, 0.1) is 19.0 Å². The molecule has 3 amide bonds. The monoisotopic (exact) mass is 505 g/mol. The quantitative estimate of drug-likeness (QED) is 0.148. The number of rotatable bonds is 14. The Balaban J connectivity index is 1.95. The number of aliphatic carboxylic acids is 3. The second-order valence-electron chi connectivity index (χ2n) is 7.94. The largest absolute Gasteiger partial charge is 0.481 e. The van der Waals surface area contributed by atoms with E-state index in [2.05, 4.69) is 20.9 Å². The highest BCUT2D eigenvalue weighted by Crippen LogP contribution is 2.18. The number of aromatic amines is 1. The molecule has 3 unspecified atom stereocenters. The maximum absolute atomic E-state index is 12.6. The molecule has 0 aliphatic rings. The molecule has 0 saturated heterocycles. The number of para-hydroxylation sites is 1. The molecular formula is C22H27N5O9. The Bertz CT molecular complexity index is 1150. The summed E-state index contributed by atoms with van der Waals surface area (Å²) >= 11 is 0. The lowest BCUT2D eigenvalue weighted by atomic mass is 10.0. The maximum Gasteiger partial charge on any atom is 0.326 e. The first-order valence-electron chi connectivity index (χ1n) is 10.8. The molecular weight excluding hydrogens is 478 g/mol. The Morgan fingerprint density at radius 3 is 2.25 bits per heavy atom. The summed E-state index contributed by atoms with van der Waals surface area (Å²) in [4.78, 5) is 73.1. The number of hydrogen-bond donors (Lipinski definition) is 8. The van der Waals surface area contributed by atoms with Gasteiger partial charge in [-0.25, -0.2) is 4.79 Å². The second kappa shape index (κ2) is 12.9. The predicted molar refractivity (Wildman–Crippen MR) is 124 cm³/mol. The molecule has 0 saturated carbocycles. The highest BCUT2D eigenvalue weighted by molar-refractivity contribution is 5.94. The van der Waals surface area contributed by atoms with Crippen molar-refractivity contribution in [1.82, 2.24) is 20.9 Å². The van der Waals surface area contributed by atoms with Gasteiger partial charge >= 0.3 is 17.9 Å². The smallest absolute Gasteiger partial charge is 0.326 e. The van der Waals surface area contributed by atoms with Crippen molar-refractivity contribution in [2.24, 2.45) is 5.73 Å². The zero-order chi connectivity index (χ0) is 26.8. The Kier molecular flexibility index (Phi) is 9.92. The normalized spacial score (nSPS) is 13.2. The highest BCUT2D eigenvalue weighted by Gasteiger charge is 2.27. The van der Waals surface area contributed by atoms with Crippen LogP contribution in [0.25, 0.3) is 10.9 Å². The molecule has 0 bridgehead atoms. The van der Waals surface area contributed by atoms with Crippen LogP contribution in [0.5, 0.6) is 0 Å². The van der Waals surface area contributed by atoms with E-state index in [1.165, 1.54) is 0 Å². The summed E-state index contributed by atoms with van der Waals surface area (Å²) in [5.74, 6) is -6.85. The molecule has 1 aromatic heterocycles. The highest BCUT2D eigenvalue weighted by atomic mass is 16.4. The number of benzene rings is 1. The van der Waals surface area contributed by atoms with Crippen LogP contribution < -0.4 is 21.7 Å². The van der Waals surface area contributed by atoms with Gasteiger partial charge in [0.15, 0.2) is 0 Å². The van der Waals surface area contributed by atoms with Gasteiger partial charge in [-0.2, -0.15) is 0 Å². The van der Waals surface area contributed by atoms with Crippen LogP contribution in [0.2, 0.25) is 0 Å². The van der Waals surface area contributed by atoms with E-state index in [1.807, 2.05) is 24.3 Å².